The van der Waals surface area contributed by atoms with Crippen molar-refractivity contribution >= 4 is 12.4 Å². The lowest BCUT2D eigenvalue weighted by Gasteiger charge is -2.16. The van der Waals surface area contributed by atoms with Gasteiger partial charge in [-0.15, -0.1) is 0 Å². The number of carboxylic acid groups (broad SMARTS) is 1. The van der Waals surface area contributed by atoms with E-state index >= 15 is 0 Å². The summed E-state index contributed by atoms with van der Waals surface area (Å²) < 4.78 is 0. The van der Waals surface area contributed by atoms with Crippen molar-refractivity contribution in [3.05, 3.63) is 0 Å². The summed E-state index contributed by atoms with van der Waals surface area (Å²) in [7, 11) is 0. The predicted octanol–water partition coefficient (Wildman–Crippen LogP) is 0.232. The molecular formula is C7H13NO3. The summed E-state index contributed by atoms with van der Waals surface area (Å²) in [4.78, 5) is 20.4. The molecule has 0 aromatic rings. The Morgan fingerprint density at radius 2 is 2.27 bits per heavy atom. The van der Waals surface area contributed by atoms with E-state index in [1.54, 1.807) is 6.92 Å². The molecule has 0 aliphatic carbocycles. The number of carboxylic acids is 1. The maximum absolute atomic E-state index is 10.5. The molecule has 0 aliphatic heterocycles. The van der Waals surface area contributed by atoms with Crippen molar-refractivity contribution in [2.24, 2.45) is 5.92 Å². The molecule has 4 heteroatoms. The number of rotatable bonds is 5. The lowest BCUT2D eigenvalue weighted by atomic mass is 10.00. The van der Waals surface area contributed by atoms with Crippen LogP contribution in [-0.2, 0) is 9.59 Å². The van der Waals surface area contributed by atoms with E-state index in [1.165, 1.54) is 0 Å². The van der Waals surface area contributed by atoms with Crippen molar-refractivity contribution in [1.29, 1.82) is 0 Å². The Balaban J connectivity index is 4.08. The van der Waals surface area contributed by atoms with Crippen molar-refractivity contribution < 1.29 is 14.7 Å². The normalized spacial score (nSPS) is 15.1. The van der Waals surface area contributed by atoms with Crippen LogP contribution < -0.4 is 5.32 Å². The van der Waals surface area contributed by atoms with Crippen LogP contribution in [0.1, 0.15) is 20.3 Å². The summed E-state index contributed by atoms with van der Waals surface area (Å²) in [5.74, 6) is -1.01. The highest BCUT2D eigenvalue weighted by Gasteiger charge is 2.21. The molecule has 0 aliphatic rings. The fraction of sp³-hybridized carbons (Fsp3) is 0.714. The van der Waals surface area contributed by atoms with Gasteiger partial charge in [0.05, 0.1) is 0 Å². The fourth-order valence-corrected chi connectivity index (χ4v) is 0.788. The van der Waals surface area contributed by atoms with Gasteiger partial charge in [-0.1, -0.05) is 20.3 Å². The maximum Gasteiger partial charge on any atom is 0.326 e. The molecule has 0 aromatic heterocycles. The first-order valence-electron chi connectivity index (χ1n) is 3.56. The van der Waals surface area contributed by atoms with Crippen molar-refractivity contribution in [2.75, 3.05) is 0 Å². The van der Waals surface area contributed by atoms with Gasteiger partial charge < -0.3 is 10.4 Å². The SMILES string of the molecule is CC[C@H](C)[C@@H](NC=O)C(=O)O. The molecule has 0 fully saturated rings. The van der Waals surface area contributed by atoms with Crippen LogP contribution in [0, 0.1) is 5.92 Å². The van der Waals surface area contributed by atoms with Crippen LogP contribution in [0.4, 0.5) is 0 Å². The zero-order chi connectivity index (χ0) is 8.85. The molecule has 11 heavy (non-hydrogen) atoms. The van der Waals surface area contributed by atoms with Crippen LogP contribution in [0.2, 0.25) is 0 Å². The van der Waals surface area contributed by atoms with E-state index in [1.807, 2.05) is 6.92 Å². The molecular weight excluding hydrogens is 146 g/mol. The Kier molecular flexibility index (Phi) is 4.26. The number of carbonyl (C=O) groups is 2. The van der Waals surface area contributed by atoms with Crippen LogP contribution in [0.3, 0.4) is 0 Å². The third kappa shape index (κ3) is 3.02. The van der Waals surface area contributed by atoms with Gasteiger partial charge in [-0.3, -0.25) is 4.79 Å². The van der Waals surface area contributed by atoms with Gasteiger partial charge in [-0.25, -0.2) is 4.79 Å². The molecule has 0 radical (unpaired) electrons. The molecule has 0 aromatic carbocycles. The van der Waals surface area contributed by atoms with Crippen LogP contribution in [0.5, 0.6) is 0 Å². The van der Waals surface area contributed by atoms with E-state index in [2.05, 4.69) is 5.32 Å². The predicted molar refractivity (Wildman–Crippen MR) is 40.1 cm³/mol. The van der Waals surface area contributed by atoms with Gasteiger partial charge in [-0.2, -0.15) is 0 Å². The van der Waals surface area contributed by atoms with Crippen molar-refractivity contribution in [2.45, 2.75) is 26.3 Å². The molecule has 0 bridgehead atoms. The number of carbonyl (C=O) groups excluding carboxylic acids is 1. The molecule has 0 rings (SSSR count). The quantitative estimate of drug-likeness (QED) is 0.564. The second kappa shape index (κ2) is 4.71. The lowest BCUT2D eigenvalue weighted by Crippen LogP contribution is -2.40. The highest BCUT2D eigenvalue weighted by atomic mass is 16.4. The summed E-state index contributed by atoms with van der Waals surface area (Å²) in [6, 6.07) is -0.752. The van der Waals surface area contributed by atoms with Crippen LogP contribution >= 0.6 is 0 Å². The van der Waals surface area contributed by atoms with Crippen LogP contribution in [-0.4, -0.2) is 23.5 Å². The minimum Gasteiger partial charge on any atom is -0.480 e. The summed E-state index contributed by atoms with van der Waals surface area (Å²) in [6.07, 6.45) is 1.16. The van der Waals surface area contributed by atoms with Crippen molar-refractivity contribution in [3.63, 3.8) is 0 Å². The van der Waals surface area contributed by atoms with E-state index < -0.39 is 12.0 Å². The third-order valence-electron chi connectivity index (χ3n) is 1.73. The first kappa shape index (κ1) is 9.94. The summed E-state index contributed by atoms with van der Waals surface area (Å²) in [6.45, 7) is 3.67. The zero-order valence-corrected chi connectivity index (χ0v) is 6.70. The first-order chi connectivity index (χ1) is 5.13. The molecule has 0 unspecified atom stereocenters. The zero-order valence-electron chi connectivity index (χ0n) is 6.70. The van der Waals surface area contributed by atoms with Gasteiger partial charge in [0.25, 0.3) is 0 Å². The second-order valence-corrected chi connectivity index (χ2v) is 2.49. The maximum atomic E-state index is 10.5. The average Bonchev–Trinajstić information content (AvgIpc) is 1.98. The summed E-state index contributed by atoms with van der Waals surface area (Å²) in [5.41, 5.74) is 0. The smallest absolute Gasteiger partial charge is 0.326 e. The van der Waals surface area contributed by atoms with E-state index in [0.717, 1.165) is 6.42 Å². The molecule has 1 amide bonds. The average molecular weight is 159 g/mol. The van der Waals surface area contributed by atoms with Gasteiger partial charge in [0, 0.05) is 0 Å². The fourth-order valence-electron chi connectivity index (χ4n) is 0.788. The first-order valence-corrected chi connectivity index (χ1v) is 3.56. The topological polar surface area (TPSA) is 66.4 Å². The molecule has 0 spiro atoms. The number of hydrogen-bond acceptors (Lipinski definition) is 2. The van der Waals surface area contributed by atoms with E-state index in [0.29, 0.717) is 6.41 Å². The molecule has 2 N–H and O–H groups in total. The summed E-state index contributed by atoms with van der Waals surface area (Å²) >= 11 is 0. The van der Waals surface area contributed by atoms with Crippen molar-refractivity contribution in [1.82, 2.24) is 5.32 Å². The van der Waals surface area contributed by atoms with Gasteiger partial charge in [0.2, 0.25) is 6.41 Å². The lowest BCUT2D eigenvalue weighted by molar-refractivity contribution is -0.142. The number of amides is 1. The highest BCUT2D eigenvalue weighted by molar-refractivity contribution is 5.76. The minimum atomic E-state index is -0.980. The standard InChI is InChI=1S/C7H13NO3/c1-3-5(2)6(7(10)11)8-4-9/h4-6H,3H2,1-2H3,(H,8,9)(H,10,11)/t5-,6+/m0/s1. The van der Waals surface area contributed by atoms with Gasteiger partial charge in [0.15, 0.2) is 0 Å². The molecule has 0 saturated carbocycles. The molecule has 64 valence electrons. The number of nitrogens with one attached hydrogen (secondary N) is 1. The molecule has 0 heterocycles. The van der Waals surface area contributed by atoms with Gasteiger partial charge >= 0.3 is 5.97 Å². The minimum absolute atomic E-state index is 0.0299. The molecule has 4 nitrogen and oxygen atoms in total. The van der Waals surface area contributed by atoms with E-state index in [4.69, 9.17) is 5.11 Å². The molecule has 2 atom stereocenters. The number of aliphatic carboxylic acids is 1. The highest BCUT2D eigenvalue weighted by Crippen LogP contribution is 2.06. The Hall–Kier alpha value is -1.06. The van der Waals surface area contributed by atoms with Gasteiger partial charge in [-0.05, 0) is 5.92 Å². The second-order valence-electron chi connectivity index (χ2n) is 2.49. The monoisotopic (exact) mass is 159 g/mol. The van der Waals surface area contributed by atoms with Gasteiger partial charge in [0.1, 0.15) is 6.04 Å². The Labute approximate surface area is 65.6 Å². The van der Waals surface area contributed by atoms with Crippen LogP contribution in [0.25, 0.3) is 0 Å². The Bertz CT molecular complexity index is 147. The Morgan fingerprint density at radius 1 is 1.73 bits per heavy atom. The van der Waals surface area contributed by atoms with Crippen molar-refractivity contribution in [3.8, 4) is 0 Å². The van der Waals surface area contributed by atoms with E-state index in [9.17, 15) is 9.59 Å². The third-order valence-corrected chi connectivity index (χ3v) is 1.73. The van der Waals surface area contributed by atoms with Crippen LogP contribution in [0.15, 0.2) is 0 Å². The number of hydrogen-bond donors (Lipinski definition) is 2. The Morgan fingerprint density at radius 3 is 2.55 bits per heavy atom. The van der Waals surface area contributed by atoms with E-state index in [-0.39, 0.29) is 5.92 Å². The summed E-state index contributed by atoms with van der Waals surface area (Å²) in [5, 5.41) is 10.8. The molecule has 0 saturated heterocycles. The largest absolute Gasteiger partial charge is 0.480 e.